The van der Waals surface area contributed by atoms with Crippen molar-refractivity contribution >= 4 is 5.78 Å². The summed E-state index contributed by atoms with van der Waals surface area (Å²) < 4.78 is 7.59. The maximum atomic E-state index is 12.1. The number of hydrogen-bond acceptors (Lipinski definition) is 2. The number of fused-ring (bicyclic) bond motifs is 1. The Morgan fingerprint density at radius 1 is 1.39 bits per heavy atom. The van der Waals surface area contributed by atoms with Gasteiger partial charge in [0.15, 0.2) is 5.78 Å². The molecule has 100 valence electrons. The number of carbonyl (C=O) groups excluding carboxylic acids is 1. The number of ketones is 1. The standard InChI is InChI=1S/C15H23NO2/c1-4-18-9-5-7-16-8-6-12-13(16)10-15(2,3)11-14(12)17/h6,8H,4-5,7,9-11H2,1-3H3. The Balaban J connectivity index is 2.08. The molecule has 0 N–H and O–H groups in total. The molecule has 0 spiro atoms. The molecular weight excluding hydrogens is 226 g/mol. The monoisotopic (exact) mass is 249 g/mol. The Morgan fingerprint density at radius 3 is 2.89 bits per heavy atom. The molecule has 0 atom stereocenters. The minimum absolute atomic E-state index is 0.0973. The van der Waals surface area contributed by atoms with Crippen molar-refractivity contribution in [1.82, 2.24) is 4.57 Å². The molecule has 0 saturated heterocycles. The van der Waals surface area contributed by atoms with E-state index in [9.17, 15) is 4.79 Å². The van der Waals surface area contributed by atoms with Crippen LogP contribution in [0.4, 0.5) is 0 Å². The van der Waals surface area contributed by atoms with Gasteiger partial charge in [0.1, 0.15) is 0 Å². The Bertz CT molecular complexity index is 432. The molecule has 1 heterocycles. The summed E-state index contributed by atoms with van der Waals surface area (Å²) in [5.41, 5.74) is 2.25. The van der Waals surface area contributed by atoms with Crippen LogP contribution in [0.2, 0.25) is 0 Å². The zero-order valence-electron chi connectivity index (χ0n) is 11.7. The topological polar surface area (TPSA) is 31.2 Å². The van der Waals surface area contributed by atoms with Crippen LogP contribution in [0.25, 0.3) is 0 Å². The van der Waals surface area contributed by atoms with Gasteiger partial charge in [0.2, 0.25) is 0 Å². The van der Waals surface area contributed by atoms with Crippen LogP contribution in [0.3, 0.4) is 0 Å². The third kappa shape index (κ3) is 2.83. The van der Waals surface area contributed by atoms with E-state index >= 15 is 0 Å². The summed E-state index contributed by atoms with van der Waals surface area (Å²) in [6.07, 6.45) is 4.72. The van der Waals surface area contributed by atoms with E-state index in [-0.39, 0.29) is 5.41 Å². The van der Waals surface area contributed by atoms with Crippen LogP contribution in [0, 0.1) is 5.41 Å². The summed E-state index contributed by atoms with van der Waals surface area (Å²) in [7, 11) is 0. The van der Waals surface area contributed by atoms with Crippen molar-refractivity contribution in [3.8, 4) is 0 Å². The maximum absolute atomic E-state index is 12.1. The van der Waals surface area contributed by atoms with Gasteiger partial charge in [0.25, 0.3) is 0 Å². The molecule has 0 saturated carbocycles. The zero-order valence-corrected chi connectivity index (χ0v) is 11.7. The molecule has 3 heteroatoms. The molecule has 3 nitrogen and oxygen atoms in total. The fraction of sp³-hybridized carbons (Fsp3) is 0.667. The Morgan fingerprint density at radius 2 is 2.17 bits per heavy atom. The number of aryl methyl sites for hydroxylation is 1. The Kier molecular flexibility index (Phi) is 3.91. The van der Waals surface area contributed by atoms with Crippen molar-refractivity contribution in [2.45, 2.75) is 46.6 Å². The molecule has 2 rings (SSSR count). The van der Waals surface area contributed by atoms with Crippen LogP contribution in [-0.4, -0.2) is 23.6 Å². The van der Waals surface area contributed by atoms with E-state index in [0.717, 1.165) is 38.2 Å². The third-order valence-corrected chi connectivity index (χ3v) is 3.56. The second-order valence-corrected chi connectivity index (χ2v) is 5.86. The number of aromatic nitrogens is 1. The van der Waals surface area contributed by atoms with Gasteiger partial charge in [-0.05, 0) is 31.2 Å². The van der Waals surface area contributed by atoms with Gasteiger partial charge in [-0.25, -0.2) is 0 Å². The first kappa shape index (κ1) is 13.3. The lowest BCUT2D eigenvalue weighted by molar-refractivity contribution is 0.0909. The van der Waals surface area contributed by atoms with Crippen molar-refractivity contribution in [2.24, 2.45) is 5.41 Å². The van der Waals surface area contributed by atoms with Gasteiger partial charge in [-0.3, -0.25) is 4.79 Å². The fourth-order valence-electron chi connectivity index (χ4n) is 2.69. The van der Waals surface area contributed by atoms with E-state index in [0.29, 0.717) is 12.2 Å². The fourth-order valence-corrected chi connectivity index (χ4v) is 2.69. The highest BCUT2D eigenvalue weighted by Crippen LogP contribution is 2.35. The average Bonchev–Trinajstić information content (AvgIpc) is 2.66. The van der Waals surface area contributed by atoms with E-state index in [1.807, 2.05) is 13.0 Å². The van der Waals surface area contributed by atoms with Gasteiger partial charge in [-0.1, -0.05) is 13.8 Å². The van der Waals surface area contributed by atoms with Gasteiger partial charge < -0.3 is 9.30 Å². The quantitative estimate of drug-likeness (QED) is 0.751. The largest absolute Gasteiger partial charge is 0.382 e. The second kappa shape index (κ2) is 5.27. The number of hydrogen-bond donors (Lipinski definition) is 0. The molecule has 0 bridgehead atoms. The first-order valence-corrected chi connectivity index (χ1v) is 6.82. The minimum Gasteiger partial charge on any atom is -0.382 e. The van der Waals surface area contributed by atoms with E-state index in [2.05, 4.69) is 24.6 Å². The number of nitrogens with zero attached hydrogens (tertiary/aromatic N) is 1. The predicted molar refractivity (Wildman–Crippen MR) is 72.0 cm³/mol. The SMILES string of the molecule is CCOCCCn1ccc2c1CC(C)(C)CC2=O. The normalized spacial score (nSPS) is 17.8. The lowest BCUT2D eigenvalue weighted by Crippen LogP contribution is -2.28. The molecule has 18 heavy (non-hydrogen) atoms. The van der Waals surface area contributed by atoms with E-state index in [1.54, 1.807) is 0 Å². The Labute approximate surface area is 109 Å². The molecule has 1 aromatic heterocycles. The van der Waals surface area contributed by atoms with Crippen LogP contribution >= 0.6 is 0 Å². The summed E-state index contributed by atoms with van der Waals surface area (Å²) in [5, 5.41) is 0. The van der Waals surface area contributed by atoms with Crippen LogP contribution in [0.15, 0.2) is 12.3 Å². The average molecular weight is 249 g/mol. The Hall–Kier alpha value is -1.09. The number of ether oxygens (including phenoxy) is 1. The molecule has 0 aromatic carbocycles. The van der Waals surface area contributed by atoms with Crippen molar-refractivity contribution in [1.29, 1.82) is 0 Å². The molecule has 1 aromatic rings. The zero-order chi connectivity index (χ0) is 13.2. The summed E-state index contributed by atoms with van der Waals surface area (Å²) in [4.78, 5) is 12.1. The first-order chi connectivity index (χ1) is 8.53. The van der Waals surface area contributed by atoms with Crippen molar-refractivity contribution in [2.75, 3.05) is 13.2 Å². The summed E-state index contributed by atoms with van der Waals surface area (Å²) in [6, 6.07) is 1.98. The molecular formula is C15H23NO2. The highest BCUT2D eigenvalue weighted by molar-refractivity contribution is 5.98. The third-order valence-electron chi connectivity index (χ3n) is 3.56. The van der Waals surface area contributed by atoms with Crippen LogP contribution in [0.5, 0.6) is 0 Å². The van der Waals surface area contributed by atoms with Crippen molar-refractivity contribution in [3.05, 3.63) is 23.5 Å². The van der Waals surface area contributed by atoms with Gasteiger partial charge >= 0.3 is 0 Å². The smallest absolute Gasteiger partial charge is 0.165 e. The first-order valence-electron chi connectivity index (χ1n) is 6.82. The van der Waals surface area contributed by atoms with Crippen molar-refractivity contribution < 1.29 is 9.53 Å². The number of Topliss-reactive ketones (excluding diaryl/α,β-unsaturated/α-hetero) is 1. The van der Waals surface area contributed by atoms with Crippen LogP contribution in [0.1, 0.15) is 49.7 Å². The number of rotatable bonds is 5. The lowest BCUT2D eigenvalue weighted by Gasteiger charge is -2.29. The molecule has 1 aliphatic rings. The van der Waals surface area contributed by atoms with Crippen molar-refractivity contribution in [3.63, 3.8) is 0 Å². The highest BCUT2D eigenvalue weighted by Gasteiger charge is 2.32. The predicted octanol–water partition coefficient (Wildman–Crippen LogP) is 3.07. The molecule has 0 fully saturated rings. The van der Waals surface area contributed by atoms with E-state index in [4.69, 9.17) is 4.74 Å². The number of carbonyl (C=O) groups is 1. The molecule has 0 radical (unpaired) electrons. The van der Waals surface area contributed by atoms with Gasteiger partial charge in [-0.15, -0.1) is 0 Å². The molecule has 1 aliphatic carbocycles. The second-order valence-electron chi connectivity index (χ2n) is 5.86. The van der Waals surface area contributed by atoms with Gasteiger partial charge in [0.05, 0.1) is 0 Å². The van der Waals surface area contributed by atoms with Gasteiger partial charge in [0, 0.05) is 43.6 Å². The molecule has 0 amide bonds. The molecule has 0 unspecified atom stereocenters. The lowest BCUT2D eigenvalue weighted by atomic mass is 9.76. The molecule has 0 aliphatic heterocycles. The van der Waals surface area contributed by atoms with Crippen LogP contribution in [-0.2, 0) is 17.7 Å². The summed E-state index contributed by atoms with van der Waals surface area (Å²) in [6.45, 7) is 8.87. The van der Waals surface area contributed by atoms with E-state index < -0.39 is 0 Å². The highest BCUT2D eigenvalue weighted by atomic mass is 16.5. The minimum atomic E-state index is 0.0973. The van der Waals surface area contributed by atoms with E-state index in [1.165, 1.54) is 5.69 Å². The summed E-state index contributed by atoms with van der Waals surface area (Å²) in [5.74, 6) is 0.296. The maximum Gasteiger partial charge on any atom is 0.165 e. The summed E-state index contributed by atoms with van der Waals surface area (Å²) >= 11 is 0. The van der Waals surface area contributed by atoms with Crippen LogP contribution < -0.4 is 0 Å². The van der Waals surface area contributed by atoms with Gasteiger partial charge in [-0.2, -0.15) is 0 Å².